The number of para-hydroxylation sites is 1. The molecule has 1 nitrogen and oxygen atoms in total. The van der Waals surface area contributed by atoms with Crippen LogP contribution in [-0.2, 0) is 0 Å². The molecule has 0 saturated carbocycles. The smallest absolute Gasteiger partial charge is 0.0540 e. The highest BCUT2D eigenvalue weighted by molar-refractivity contribution is 6.05. The van der Waals surface area contributed by atoms with E-state index in [1.807, 2.05) is 0 Å². The first-order chi connectivity index (χ1) is 22.3. The van der Waals surface area contributed by atoms with E-state index in [0.29, 0.717) is 0 Å². The van der Waals surface area contributed by atoms with Crippen molar-refractivity contribution in [1.82, 2.24) is 0 Å². The molecule has 0 aliphatic carbocycles. The van der Waals surface area contributed by atoms with Gasteiger partial charge >= 0.3 is 0 Å². The Hall–Kier alpha value is -5.92. The summed E-state index contributed by atoms with van der Waals surface area (Å²) in [6.45, 7) is 0. The number of hydrogen-bond donors (Lipinski definition) is 0. The lowest BCUT2D eigenvalue weighted by Gasteiger charge is -2.29. The fraction of sp³-hybridized carbons (Fsp3) is 0. The molecule has 212 valence electrons. The Morgan fingerprint density at radius 1 is 0.289 bits per heavy atom. The van der Waals surface area contributed by atoms with Gasteiger partial charge in [-0.1, -0.05) is 164 Å². The molecule has 8 rings (SSSR count). The minimum Gasteiger partial charge on any atom is -0.309 e. The van der Waals surface area contributed by atoms with Gasteiger partial charge in [0.25, 0.3) is 0 Å². The molecule has 0 N–H and O–H groups in total. The van der Waals surface area contributed by atoms with Crippen molar-refractivity contribution < 1.29 is 0 Å². The second-order valence-corrected chi connectivity index (χ2v) is 11.3. The molecule has 0 unspecified atom stereocenters. The molecule has 0 spiro atoms. The summed E-state index contributed by atoms with van der Waals surface area (Å²) >= 11 is 0. The number of anilines is 3. The fourth-order valence-electron chi connectivity index (χ4n) is 6.56. The molecule has 0 aromatic heterocycles. The van der Waals surface area contributed by atoms with Gasteiger partial charge in [-0.05, 0) is 68.2 Å². The summed E-state index contributed by atoms with van der Waals surface area (Å²) in [5, 5.41) is 4.95. The second-order valence-electron chi connectivity index (χ2n) is 11.3. The van der Waals surface area contributed by atoms with Gasteiger partial charge in [0.1, 0.15) is 0 Å². The summed E-state index contributed by atoms with van der Waals surface area (Å²) in [6, 6.07) is 67.6. The zero-order valence-electron chi connectivity index (χ0n) is 24.8. The van der Waals surface area contributed by atoms with Gasteiger partial charge in [0.15, 0.2) is 0 Å². The Bertz CT molecular complexity index is 2250. The van der Waals surface area contributed by atoms with Crippen molar-refractivity contribution in [3.8, 4) is 33.4 Å². The molecule has 0 fully saturated rings. The third-order valence-electron chi connectivity index (χ3n) is 8.67. The topological polar surface area (TPSA) is 3.24 Å². The molecule has 0 radical (unpaired) electrons. The van der Waals surface area contributed by atoms with Gasteiger partial charge in [0.05, 0.1) is 11.4 Å². The molecule has 0 amide bonds. The van der Waals surface area contributed by atoms with Crippen molar-refractivity contribution in [2.45, 2.75) is 0 Å². The lowest BCUT2D eigenvalue weighted by Crippen LogP contribution is -2.11. The molecule has 0 atom stereocenters. The van der Waals surface area contributed by atoms with Gasteiger partial charge in [-0.15, -0.1) is 0 Å². The highest BCUT2D eigenvalue weighted by atomic mass is 15.1. The molecule has 1 heteroatoms. The van der Waals surface area contributed by atoms with Crippen LogP contribution in [-0.4, -0.2) is 0 Å². The monoisotopic (exact) mass is 573 g/mol. The Labute approximate surface area is 264 Å². The van der Waals surface area contributed by atoms with Crippen molar-refractivity contribution in [1.29, 1.82) is 0 Å². The summed E-state index contributed by atoms with van der Waals surface area (Å²) in [7, 11) is 0. The molecule has 0 bridgehead atoms. The Morgan fingerprint density at radius 3 is 1.58 bits per heavy atom. The first kappa shape index (κ1) is 26.7. The molecule has 8 aromatic rings. The summed E-state index contributed by atoms with van der Waals surface area (Å²) in [5.41, 5.74) is 10.7. The maximum absolute atomic E-state index is 2.41. The fourth-order valence-corrected chi connectivity index (χ4v) is 6.56. The number of hydrogen-bond acceptors (Lipinski definition) is 1. The van der Waals surface area contributed by atoms with Crippen LogP contribution in [0.5, 0.6) is 0 Å². The standard InChI is InChI=1S/C44H31N/c1-3-14-32(15-4-1)38-22-11-12-24-42(38)45(43-25-13-20-33-16-7-9-21-39(33)43)37-29-26-35(27-30-37)41-31-28-34-17-8-10-23-40(34)44(41)36-18-5-2-6-19-36/h1-31H. The lowest BCUT2D eigenvalue weighted by molar-refractivity contribution is 1.30. The van der Waals surface area contributed by atoms with Crippen molar-refractivity contribution in [2.24, 2.45) is 0 Å². The summed E-state index contributed by atoms with van der Waals surface area (Å²) < 4.78 is 0. The van der Waals surface area contributed by atoms with E-state index in [1.54, 1.807) is 0 Å². The van der Waals surface area contributed by atoms with Gasteiger partial charge in [0, 0.05) is 16.6 Å². The second kappa shape index (κ2) is 11.6. The van der Waals surface area contributed by atoms with Crippen LogP contribution in [0.25, 0.3) is 54.9 Å². The van der Waals surface area contributed by atoms with E-state index in [0.717, 1.165) is 17.1 Å². The average molecular weight is 574 g/mol. The van der Waals surface area contributed by atoms with Gasteiger partial charge in [-0.2, -0.15) is 0 Å². The number of fused-ring (bicyclic) bond motifs is 2. The van der Waals surface area contributed by atoms with Crippen molar-refractivity contribution in [2.75, 3.05) is 4.90 Å². The van der Waals surface area contributed by atoms with Crippen LogP contribution < -0.4 is 4.90 Å². The van der Waals surface area contributed by atoms with Gasteiger partial charge in [0.2, 0.25) is 0 Å². The first-order valence-corrected chi connectivity index (χ1v) is 15.5. The Kier molecular flexibility index (Phi) is 6.90. The Morgan fingerprint density at radius 2 is 0.822 bits per heavy atom. The van der Waals surface area contributed by atoms with Crippen molar-refractivity contribution in [3.63, 3.8) is 0 Å². The number of rotatable bonds is 6. The van der Waals surface area contributed by atoms with Gasteiger partial charge in [-0.3, -0.25) is 0 Å². The average Bonchev–Trinajstić information content (AvgIpc) is 3.13. The van der Waals surface area contributed by atoms with Crippen LogP contribution in [0.15, 0.2) is 188 Å². The molecule has 8 aromatic carbocycles. The van der Waals surface area contributed by atoms with E-state index in [4.69, 9.17) is 0 Å². The molecule has 0 aliphatic heterocycles. The predicted molar refractivity (Wildman–Crippen MR) is 192 cm³/mol. The van der Waals surface area contributed by atoms with E-state index in [-0.39, 0.29) is 0 Å². The minimum atomic E-state index is 1.11. The highest BCUT2D eigenvalue weighted by Crippen LogP contribution is 2.44. The molecule has 0 heterocycles. The van der Waals surface area contributed by atoms with Gasteiger partial charge in [-0.25, -0.2) is 0 Å². The van der Waals surface area contributed by atoms with Crippen molar-refractivity contribution >= 4 is 38.6 Å². The van der Waals surface area contributed by atoms with Crippen LogP contribution >= 0.6 is 0 Å². The normalized spacial score (nSPS) is 11.1. The lowest BCUT2D eigenvalue weighted by atomic mass is 9.89. The molecule has 0 saturated heterocycles. The van der Waals surface area contributed by atoms with Crippen LogP contribution in [0.2, 0.25) is 0 Å². The minimum absolute atomic E-state index is 1.11. The van der Waals surface area contributed by atoms with E-state index < -0.39 is 0 Å². The summed E-state index contributed by atoms with van der Waals surface area (Å²) in [5.74, 6) is 0. The number of benzene rings is 8. The van der Waals surface area contributed by atoms with Gasteiger partial charge < -0.3 is 4.90 Å². The van der Waals surface area contributed by atoms with Crippen LogP contribution in [0.4, 0.5) is 17.1 Å². The molecule has 0 aliphatic rings. The van der Waals surface area contributed by atoms with Crippen LogP contribution in [0.1, 0.15) is 0 Å². The van der Waals surface area contributed by atoms with Crippen LogP contribution in [0, 0.1) is 0 Å². The third-order valence-corrected chi connectivity index (χ3v) is 8.67. The van der Waals surface area contributed by atoms with E-state index in [1.165, 1.54) is 54.9 Å². The maximum atomic E-state index is 2.41. The summed E-state index contributed by atoms with van der Waals surface area (Å²) in [4.78, 5) is 2.41. The quantitative estimate of drug-likeness (QED) is 0.191. The zero-order chi connectivity index (χ0) is 30.0. The Balaban J connectivity index is 1.32. The maximum Gasteiger partial charge on any atom is 0.0540 e. The van der Waals surface area contributed by atoms with E-state index >= 15 is 0 Å². The zero-order valence-corrected chi connectivity index (χ0v) is 24.8. The highest BCUT2D eigenvalue weighted by Gasteiger charge is 2.19. The van der Waals surface area contributed by atoms with Crippen molar-refractivity contribution in [3.05, 3.63) is 188 Å². The third kappa shape index (κ3) is 4.95. The predicted octanol–water partition coefficient (Wildman–Crippen LogP) is 12.5. The summed E-state index contributed by atoms with van der Waals surface area (Å²) in [6.07, 6.45) is 0. The largest absolute Gasteiger partial charge is 0.309 e. The molecule has 45 heavy (non-hydrogen) atoms. The first-order valence-electron chi connectivity index (χ1n) is 15.5. The van der Waals surface area contributed by atoms with E-state index in [9.17, 15) is 0 Å². The van der Waals surface area contributed by atoms with Crippen LogP contribution in [0.3, 0.4) is 0 Å². The van der Waals surface area contributed by atoms with E-state index in [2.05, 4.69) is 193 Å². The molecular weight excluding hydrogens is 542 g/mol. The molecular formula is C44H31N. The SMILES string of the molecule is c1ccc(-c2ccccc2N(c2ccc(-c3ccc4ccccc4c3-c3ccccc3)cc2)c2cccc3ccccc23)cc1. The number of nitrogens with zero attached hydrogens (tertiary/aromatic N) is 1.